The molecule has 5 nitrogen and oxygen atoms in total. The topological polar surface area (TPSA) is 81.8 Å². The van der Waals surface area contributed by atoms with Crippen LogP contribution in [-0.2, 0) is 0 Å². The van der Waals surface area contributed by atoms with Crippen LogP contribution >= 0.6 is 0 Å². The summed E-state index contributed by atoms with van der Waals surface area (Å²) >= 11 is 0. The van der Waals surface area contributed by atoms with Crippen molar-refractivity contribution >= 4 is 0 Å². The van der Waals surface area contributed by atoms with Crippen molar-refractivity contribution in [3.63, 3.8) is 0 Å². The van der Waals surface area contributed by atoms with E-state index in [1.807, 2.05) is 0 Å². The van der Waals surface area contributed by atoms with E-state index in [1.54, 1.807) is 0 Å². The fraction of sp³-hybridized carbons (Fsp3) is 1.00. The number of nitrogens with one attached hydrogen (secondary N) is 1. The van der Waals surface area contributed by atoms with Gasteiger partial charge < -0.3 is 26.2 Å². The number of aliphatic hydroxyl groups is 2. The Hall–Kier alpha value is -0.200. The number of likely N-dealkylation sites (tertiary alicyclic amines) is 1. The van der Waals surface area contributed by atoms with Crippen LogP contribution in [0.1, 0.15) is 32.1 Å². The van der Waals surface area contributed by atoms with Gasteiger partial charge in [-0.1, -0.05) is 0 Å². The first-order chi connectivity index (χ1) is 9.72. The van der Waals surface area contributed by atoms with Gasteiger partial charge in [-0.05, 0) is 50.5 Å². The van der Waals surface area contributed by atoms with Gasteiger partial charge in [0, 0.05) is 38.8 Å². The van der Waals surface area contributed by atoms with Gasteiger partial charge in [0.15, 0.2) is 0 Å². The van der Waals surface area contributed by atoms with Crippen molar-refractivity contribution in [1.82, 2.24) is 10.2 Å². The predicted molar refractivity (Wildman–Crippen MR) is 80.4 cm³/mol. The number of rotatable bonds is 9. The molecule has 0 bridgehead atoms. The Labute approximate surface area is 122 Å². The zero-order valence-corrected chi connectivity index (χ0v) is 12.5. The Morgan fingerprint density at radius 2 is 2.10 bits per heavy atom. The van der Waals surface area contributed by atoms with Crippen LogP contribution in [0, 0.1) is 11.8 Å². The van der Waals surface area contributed by atoms with Crippen LogP contribution in [0.4, 0.5) is 0 Å². The molecule has 5 N–H and O–H groups in total. The van der Waals surface area contributed by atoms with Crippen molar-refractivity contribution in [2.45, 2.75) is 44.2 Å². The van der Waals surface area contributed by atoms with Gasteiger partial charge in [0.05, 0.1) is 6.10 Å². The first kappa shape index (κ1) is 16.2. The highest BCUT2D eigenvalue weighted by Gasteiger charge is 2.34. The van der Waals surface area contributed by atoms with Gasteiger partial charge >= 0.3 is 0 Å². The van der Waals surface area contributed by atoms with Gasteiger partial charge in [-0.3, -0.25) is 0 Å². The van der Waals surface area contributed by atoms with Crippen molar-refractivity contribution in [2.24, 2.45) is 17.6 Å². The first-order valence-electron chi connectivity index (χ1n) is 8.17. The summed E-state index contributed by atoms with van der Waals surface area (Å²) in [5, 5.41) is 22.6. The molecule has 0 aromatic rings. The van der Waals surface area contributed by atoms with E-state index < -0.39 is 0 Å². The quantitative estimate of drug-likeness (QED) is 0.440. The molecule has 20 heavy (non-hydrogen) atoms. The Bertz CT molecular complexity index is 274. The third-order valence-electron chi connectivity index (χ3n) is 4.57. The Balaban J connectivity index is 1.79. The Morgan fingerprint density at radius 1 is 1.30 bits per heavy atom. The molecule has 3 unspecified atom stereocenters. The molecule has 0 amide bonds. The Morgan fingerprint density at radius 3 is 2.75 bits per heavy atom. The summed E-state index contributed by atoms with van der Waals surface area (Å²) < 4.78 is 0. The lowest BCUT2D eigenvalue weighted by Gasteiger charge is -2.39. The molecule has 1 saturated carbocycles. The summed E-state index contributed by atoms with van der Waals surface area (Å²) in [5.41, 5.74) is 5.69. The third-order valence-corrected chi connectivity index (χ3v) is 4.57. The van der Waals surface area contributed by atoms with E-state index >= 15 is 0 Å². The number of piperidine rings is 1. The summed E-state index contributed by atoms with van der Waals surface area (Å²) in [6, 6.07) is 0.471. The molecular formula is C15H31N3O2. The maximum atomic E-state index is 10.2. The van der Waals surface area contributed by atoms with E-state index in [0.29, 0.717) is 24.4 Å². The molecule has 2 fully saturated rings. The van der Waals surface area contributed by atoms with Crippen LogP contribution < -0.4 is 11.1 Å². The molecule has 1 saturated heterocycles. The highest BCUT2D eigenvalue weighted by Crippen LogP contribution is 2.36. The lowest BCUT2D eigenvalue weighted by atomic mass is 9.88. The molecule has 1 aliphatic heterocycles. The van der Waals surface area contributed by atoms with Crippen LogP contribution in [0.15, 0.2) is 0 Å². The standard InChI is InChI=1S/C15H31N3O2/c16-4-6-18-10-12(9-15(20)13-2-3-13)8-14(11-18)17-5-1-7-19/h12-15,17,19-20H,1-11,16H2. The van der Waals surface area contributed by atoms with Crippen LogP contribution in [0.2, 0.25) is 0 Å². The lowest BCUT2D eigenvalue weighted by molar-refractivity contribution is 0.0758. The summed E-state index contributed by atoms with van der Waals surface area (Å²) in [7, 11) is 0. The average Bonchev–Trinajstić information content (AvgIpc) is 3.23. The second-order valence-corrected chi connectivity index (χ2v) is 6.52. The molecule has 3 atom stereocenters. The van der Waals surface area contributed by atoms with Crippen LogP contribution in [0.3, 0.4) is 0 Å². The van der Waals surface area contributed by atoms with Gasteiger partial charge in [0.2, 0.25) is 0 Å². The fourth-order valence-corrected chi connectivity index (χ4v) is 3.39. The van der Waals surface area contributed by atoms with Crippen LogP contribution in [0.5, 0.6) is 0 Å². The zero-order chi connectivity index (χ0) is 14.4. The second-order valence-electron chi connectivity index (χ2n) is 6.52. The highest BCUT2D eigenvalue weighted by atomic mass is 16.3. The van der Waals surface area contributed by atoms with Crippen molar-refractivity contribution in [1.29, 1.82) is 0 Å². The maximum Gasteiger partial charge on any atom is 0.0571 e. The fourth-order valence-electron chi connectivity index (χ4n) is 3.39. The minimum Gasteiger partial charge on any atom is -0.396 e. The van der Waals surface area contributed by atoms with E-state index in [9.17, 15) is 5.11 Å². The van der Waals surface area contributed by atoms with E-state index in [2.05, 4.69) is 10.2 Å². The largest absolute Gasteiger partial charge is 0.396 e. The van der Waals surface area contributed by atoms with Gasteiger partial charge in [0.1, 0.15) is 0 Å². The molecule has 1 aliphatic carbocycles. The number of hydrogen-bond acceptors (Lipinski definition) is 5. The van der Waals surface area contributed by atoms with Crippen LogP contribution in [0.25, 0.3) is 0 Å². The molecule has 0 aromatic carbocycles. The minimum atomic E-state index is -0.101. The normalized spacial score (nSPS) is 29.6. The summed E-state index contributed by atoms with van der Waals surface area (Å²) in [5.74, 6) is 1.14. The second kappa shape index (κ2) is 8.29. The summed E-state index contributed by atoms with van der Waals surface area (Å²) in [6.45, 7) is 4.86. The number of hydrogen-bond donors (Lipinski definition) is 4. The van der Waals surface area contributed by atoms with Crippen molar-refractivity contribution in [3.05, 3.63) is 0 Å². The molecule has 1 heterocycles. The molecule has 0 spiro atoms. The van der Waals surface area contributed by atoms with E-state index in [-0.39, 0.29) is 12.7 Å². The van der Waals surface area contributed by atoms with E-state index in [4.69, 9.17) is 10.8 Å². The number of nitrogens with zero attached hydrogens (tertiary/aromatic N) is 1. The van der Waals surface area contributed by atoms with Gasteiger partial charge in [-0.2, -0.15) is 0 Å². The maximum absolute atomic E-state index is 10.2. The summed E-state index contributed by atoms with van der Waals surface area (Å²) in [4.78, 5) is 2.42. The lowest BCUT2D eigenvalue weighted by Crippen LogP contribution is -2.51. The van der Waals surface area contributed by atoms with E-state index in [0.717, 1.165) is 45.4 Å². The number of aliphatic hydroxyl groups excluding tert-OH is 2. The van der Waals surface area contributed by atoms with Crippen molar-refractivity contribution in [3.8, 4) is 0 Å². The molecular weight excluding hydrogens is 254 g/mol. The molecule has 0 aromatic heterocycles. The molecule has 118 valence electrons. The minimum absolute atomic E-state index is 0.101. The van der Waals surface area contributed by atoms with Crippen molar-refractivity contribution < 1.29 is 10.2 Å². The first-order valence-corrected chi connectivity index (χ1v) is 8.17. The average molecular weight is 285 g/mol. The number of nitrogens with two attached hydrogens (primary N) is 1. The molecule has 2 rings (SSSR count). The highest BCUT2D eigenvalue weighted by molar-refractivity contribution is 4.88. The molecule has 5 heteroatoms. The van der Waals surface area contributed by atoms with Crippen LogP contribution in [-0.4, -0.2) is 66.6 Å². The van der Waals surface area contributed by atoms with Gasteiger partial charge in [-0.25, -0.2) is 0 Å². The smallest absolute Gasteiger partial charge is 0.0571 e. The summed E-state index contributed by atoms with van der Waals surface area (Å²) in [6.07, 6.45) is 5.19. The van der Waals surface area contributed by atoms with Gasteiger partial charge in [0.25, 0.3) is 0 Å². The van der Waals surface area contributed by atoms with Gasteiger partial charge in [-0.15, -0.1) is 0 Å². The third kappa shape index (κ3) is 5.30. The SMILES string of the molecule is NCCN1CC(CC(O)C2CC2)CC(NCCCO)C1. The predicted octanol–water partition coefficient (Wildman–Crippen LogP) is -0.231. The molecule has 2 aliphatic rings. The van der Waals surface area contributed by atoms with E-state index in [1.165, 1.54) is 12.8 Å². The monoisotopic (exact) mass is 285 g/mol. The molecule has 0 radical (unpaired) electrons. The van der Waals surface area contributed by atoms with Crippen molar-refractivity contribution in [2.75, 3.05) is 39.3 Å². The Kier molecular flexibility index (Phi) is 6.71. The zero-order valence-electron chi connectivity index (χ0n) is 12.5.